The van der Waals surface area contributed by atoms with E-state index in [0.29, 0.717) is 42.5 Å². The number of hydrogen-bond acceptors (Lipinski definition) is 5. The second-order valence-electron chi connectivity index (χ2n) is 7.45. The topological polar surface area (TPSA) is 73.8 Å². The number of sulfonamides is 1. The SMILES string of the molecule is CN(c1ccccc1)S(=O)(=O)c1cccc(C(=O)N2CCN(c3ccc(Cl)cn3)CC2)c1. The van der Waals surface area contributed by atoms with E-state index in [4.69, 9.17) is 11.6 Å². The van der Waals surface area contributed by atoms with Crippen molar-refractivity contribution in [2.24, 2.45) is 0 Å². The minimum atomic E-state index is -3.79. The van der Waals surface area contributed by atoms with Gasteiger partial charge in [-0.05, 0) is 42.5 Å². The number of hydrogen-bond donors (Lipinski definition) is 0. The summed E-state index contributed by atoms with van der Waals surface area (Å²) >= 11 is 5.90. The zero-order valence-electron chi connectivity index (χ0n) is 17.6. The van der Waals surface area contributed by atoms with Crippen LogP contribution in [-0.2, 0) is 10.0 Å². The van der Waals surface area contributed by atoms with Gasteiger partial charge in [-0.25, -0.2) is 13.4 Å². The van der Waals surface area contributed by atoms with Crippen molar-refractivity contribution in [3.05, 3.63) is 83.5 Å². The van der Waals surface area contributed by atoms with E-state index >= 15 is 0 Å². The van der Waals surface area contributed by atoms with E-state index in [1.807, 2.05) is 12.1 Å². The summed E-state index contributed by atoms with van der Waals surface area (Å²) in [4.78, 5) is 21.3. The first-order valence-corrected chi connectivity index (χ1v) is 12.0. The molecule has 0 unspecified atom stereocenters. The molecular formula is C23H23ClN4O3S. The molecule has 4 rings (SSSR count). The van der Waals surface area contributed by atoms with Gasteiger partial charge >= 0.3 is 0 Å². The van der Waals surface area contributed by atoms with Gasteiger partial charge in [0.15, 0.2) is 0 Å². The monoisotopic (exact) mass is 470 g/mol. The number of piperazine rings is 1. The molecule has 0 spiro atoms. The van der Waals surface area contributed by atoms with Crippen molar-refractivity contribution in [1.82, 2.24) is 9.88 Å². The maximum Gasteiger partial charge on any atom is 0.264 e. The molecule has 9 heteroatoms. The molecule has 0 N–H and O–H groups in total. The van der Waals surface area contributed by atoms with Crippen LogP contribution < -0.4 is 9.21 Å². The number of benzene rings is 2. The van der Waals surface area contributed by atoms with Crippen molar-refractivity contribution in [1.29, 1.82) is 0 Å². The maximum atomic E-state index is 13.1. The number of amides is 1. The average molecular weight is 471 g/mol. The van der Waals surface area contributed by atoms with Crippen LogP contribution in [0.3, 0.4) is 0 Å². The maximum absolute atomic E-state index is 13.1. The van der Waals surface area contributed by atoms with E-state index in [9.17, 15) is 13.2 Å². The van der Waals surface area contributed by atoms with Gasteiger partial charge in [-0.1, -0.05) is 35.9 Å². The highest BCUT2D eigenvalue weighted by Gasteiger charge is 2.26. The molecule has 1 fully saturated rings. The summed E-state index contributed by atoms with van der Waals surface area (Å²) in [7, 11) is -2.29. The number of pyridine rings is 1. The molecule has 2 heterocycles. The lowest BCUT2D eigenvalue weighted by Gasteiger charge is -2.35. The Hall–Kier alpha value is -3.10. The molecule has 2 aromatic carbocycles. The second kappa shape index (κ2) is 9.18. The lowest BCUT2D eigenvalue weighted by Crippen LogP contribution is -2.49. The standard InChI is InChI=1S/C23H23ClN4O3S/c1-26(20-7-3-2-4-8-20)32(30,31)21-9-5-6-18(16-21)23(29)28-14-12-27(13-15-28)22-11-10-19(24)17-25-22/h2-11,16-17H,12-15H2,1H3. The van der Waals surface area contributed by atoms with Gasteiger partial charge in [0.2, 0.25) is 0 Å². The van der Waals surface area contributed by atoms with Crippen molar-refractivity contribution in [3.8, 4) is 0 Å². The van der Waals surface area contributed by atoms with Gasteiger partial charge in [0.25, 0.3) is 15.9 Å². The first-order chi connectivity index (χ1) is 15.4. The normalized spacial score (nSPS) is 14.3. The predicted molar refractivity (Wildman–Crippen MR) is 126 cm³/mol. The third-order valence-electron chi connectivity index (χ3n) is 5.46. The summed E-state index contributed by atoms with van der Waals surface area (Å²) in [5.41, 5.74) is 0.904. The van der Waals surface area contributed by atoms with E-state index in [2.05, 4.69) is 9.88 Å². The third-order valence-corrected chi connectivity index (χ3v) is 7.47. The van der Waals surface area contributed by atoms with Gasteiger partial charge in [0, 0.05) is 45.0 Å². The Morgan fingerprint density at radius 2 is 1.69 bits per heavy atom. The second-order valence-corrected chi connectivity index (χ2v) is 9.86. The Bertz CT molecular complexity index is 1200. The van der Waals surface area contributed by atoms with Crippen LogP contribution in [0.4, 0.5) is 11.5 Å². The lowest BCUT2D eigenvalue weighted by molar-refractivity contribution is 0.0746. The number of carbonyl (C=O) groups is 1. The average Bonchev–Trinajstić information content (AvgIpc) is 2.84. The summed E-state index contributed by atoms with van der Waals surface area (Å²) in [6.07, 6.45) is 1.60. The molecule has 1 aliphatic rings. The minimum Gasteiger partial charge on any atom is -0.353 e. The molecule has 1 saturated heterocycles. The Labute approximate surface area is 192 Å². The van der Waals surface area contributed by atoms with E-state index in [-0.39, 0.29) is 10.8 Å². The fourth-order valence-electron chi connectivity index (χ4n) is 3.60. The first-order valence-electron chi connectivity index (χ1n) is 10.2. The van der Waals surface area contributed by atoms with Crippen LogP contribution in [0.1, 0.15) is 10.4 Å². The Morgan fingerprint density at radius 1 is 0.969 bits per heavy atom. The quantitative estimate of drug-likeness (QED) is 0.570. The van der Waals surface area contributed by atoms with Crippen LogP contribution in [-0.4, -0.2) is 57.4 Å². The minimum absolute atomic E-state index is 0.0821. The van der Waals surface area contributed by atoms with Crippen molar-refractivity contribution in [2.45, 2.75) is 4.90 Å². The van der Waals surface area contributed by atoms with Crippen LogP contribution in [0, 0.1) is 0 Å². The number of aromatic nitrogens is 1. The molecular weight excluding hydrogens is 448 g/mol. The highest BCUT2D eigenvalue weighted by atomic mass is 35.5. The Kier molecular flexibility index (Phi) is 6.34. The fourth-order valence-corrected chi connectivity index (χ4v) is 4.95. The molecule has 3 aromatic rings. The fraction of sp³-hybridized carbons (Fsp3) is 0.217. The number of carbonyl (C=O) groups excluding carboxylic acids is 1. The number of anilines is 2. The van der Waals surface area contributed by atoms with Gasteiger partial charge in [-0.15, -0.1) is 0 Å². The molecule has 0 saturated carbocycles. The number of halogens is 1. The predicted octanol–water partition coefficient (Wildman–Crippen LogP) is 3.52. The molecule has 0 bridgehead atoms. The number of para-hydroxylation sites is 1. The van der Waals surface area contributed by atoms with Crippen molar-refractivity contribution >= 4 is 39.0 Å². The molecule has 32 heavy (non-hydrogen) atoms. The molecule has 0 aliphatic carbocycles. The van der Waals surface area contributed by atoms with Crippen LogP contribution in [0.2, 0.25) is 5.02 Å². The lowest BCUT2D eigenvalue weighted by atomic mass is 10.2. The number of nitrogens with zero attached hydrogens (tertiary/aromatic N) is 4. The zero-order valence-corrected chi connectivity index (χ0v) is 19.1. The molecule has 166 valence electrons. The molecule has 1 amide bonds. The molecule has 1 aliphatic heterocycles. The molecule has 7 nitrogen and oxygen atoms in total. The summed E-state index contributed by atoms with van der Waals surface area (Å²) in [5.74, 6) is 0.631. The van der Waals surface area contributed by atoms with Crippen LogP contribution in [0.5, 0.6) is 0 Å². The Balaban J connectivity index is 1.47. The van der Waals surface area contributed by atoms with Crippen molar-refractivity contribution in [3.63, 3.8) is 0 Å². The van der Waals surface area contributed by atoms with E-state index < -0.39 is 10.0 Å². The van der Waals surface area contributed by atoms with Crippen LogP contribution >= 0.6 is 11.6 Å². The Morgan fingerprint density at radius 3 is 2.34 bits per heavy atom. The highest BCUT2D eigenvalue weighted by molar-refractivity contribution is 7.92. The molecule has 0 atom stereocenters. The largest absolute Gasteiger partial charge is 0.353 e. The van der Waals surface area contributed by atoms with Gasteiger partial charge in [-0.2, -0.15) is 0 Å². The molecule has 1 aromatic heterocycles. The van der Waals surface area contributed by atoms with Gasteiger partial charge in [0.1, 0.15) is 5.82 Å². The first kappa shape index (κ1) is 22.1. The highest BCUT2D eigenvalue weighted by Crippen LogP contribution is 2.23. The summed E-state index contributed by atoms with van der Waals surface area (Å²) in [5, 5.41) is 0.579. The van der Waals surface area contributed by atoms with Gasteiger partial charge < -0.3 is 9.80 Å². The van der Waals surface area contributed by atoms with E-state index in [0.717, 1.165) is 5.82 Å². The summed E-state index contributed by atoms with van der Waals surface area (Å²) in [6.45, 7) is 2.30. The van der Waals surface area contributed by atoms with Crippen LogP contribution in [0.15, 0.2) is 77.8 Å². The smallest absolute Gasteiger partial charge is 0.264 e. The van der Waals surface area contributed by atoms with E-state index in [1.165, 1.54) is 23.5 Å². The van der Waals surface area contributed by atoms with E-state index in [1.54, 1.807) is 53.6 Å². The van der Waals surface area contributed by atoms with Gasteiger partial charge in [-0.3, -0.25) is 9.10 Å². The van der Waals surface area contributed by atoms with Crippen LogP contribution in [0.25, 0.3) is 0 Å². The summed E-state index contributed by atoms with van der Waals surface area (Å²) in [6, 6.07) is 18.7. The van der Waals surface area contributed by atoms with Crippen molar-refractivity contribution in [2.75, 3.05) is 42.4 Å². The van der Waals surface area contributed by atoms with Crippen molar-refractivity contribution < 1.29 is 13.2 Å². The van der Waals surface area contributed by atoms with Gasteiger partial charge in [0.05, 0.1) is 15.6 Å². The number of rotatable bonds is 5. The molecule has 0 radical (unpaired) electrons. The third kappa shape index (κ3) is 4.56. The summed E-state index contributed by atoms with van der Waals surface area (Å²) < 4.78 is 27.4. The zero-order chi connectivity index (χ0) is 22.7.